The van der Waals surface area contributed by atoms with Crippen molar-refractivity contribution in [3.8, 4) is 0 Å². The molecule has 1 saturated heterocycles. The molecule has 1 aliphatic heterocycles. The van der Waals surface area contributed by atoms with Crippen LogP contribution in [0.1, 0.15) is 38.8 Å². The second-order valence-corrected chi connectivity index (χ2v) is 13.7. The van der Waals surface area contributed by atoms with Crippen molar-refractivity contribution in [1.29, 1.82) is 0 Å². The molecule has 143 valence electrons. The lowest BCUT2D eigenvalue weighted by atomic mass is 9.78. The molecular formula is C22H31BNO2Si. The maximum Gasteiger partial charge on any atom is 0.397 e. The predicted molar refractivity (Wildman–Crippen MR) is 115 cm³/mol. The van der Waals surface area contributed by atoms with Crippen molar-refractivity contribution in [2.45, 2.75) is 63.6 Å². The fourth-order valence-electron chi connectivity index (χ4n) is 3.60. The first-order valence-corrected chi connectivity index (χ1v) is 12.6. The summed E-state index contributed by atoms with van der Waals surface area (Å²) in [4.78, 5) is 0. The number of hydrogen-bond acceptors (Lipinski definition) is 3. The Morgan fingerprint density at radius 1 is 1.00 bits per heavy atom. The van der Waals surface area contributed by atoms with Crippen LogP contribution in [0.2, 0.25) is 18.1 Å². The highest BCUT2D eigenvalue weighted by Crippen LogP contribution is 2.43. The van der Waals surface area contributed by atoms with Gasteiger partial charge in [0, 0.05) is 0 Å². The fourth-order valence-corrected chi connectivity index (χ4v) is 5.02. The van der Waals surface area contributed by atoms with E-state index in [1.54, 1.807) is 7.62 Å². The Labute approximate surface area is 165 Å². The number of nitrogens with one attached hydrogen (secondary N) is 1. The van der Waals surface area contributed by atoms with Crippen LogP contribution in [0.5, 0.6) is 0 Å². The Bertz CT molecular complexity index is 706. The van der Waals surface area contributed by atoms with Gasteiger partial charge in [-0.15, -0.1) is 0 Å². The molecule has 0 unspecified atom stereocenters. The quantitative estimate of drug-likeness (QED) is 0.752. The molecule has 2 atom stereocenters. The molecule has 1 heterocycles. The van der Waals surface area contributed by atoms with E-state index >= 15 is 0 Å². The zero-order valence-corrected chi connectivity index (χ0v) is 18.3. The van der Waals surface area contributed by atoms with Gasteiger partial charge in [0.05, 0.1) is 12.1 Å². The lowest BCUT2D eigenvalue weighted by molar-refractivity contribution is 0.0520. The SMILES string of the molecule is C[C@@H](O[Si](C)(C)C(C)(C)C)[C@@H]1N[B]OC1(c1ccccc1)c1ccccc1. The van der Waals surface area contributed by atoms with Gasteiger partial charge < -0.3 is 14.3 Å². The van der Waals surface area contributed by atoms with Crippen LogP contribution in [-0.4, -0.2) is 28.1 Å². The monoisotopic (exact) mass is 380 g/mol. The first-order chi connectivity index (χ1) is 12.7. The molecule has 0 aliphatic carbocycles. The molecule has 2 aromatic carbocycles. The van der Waals surface area contributed by atoms with Crippen molar-refractivity contribution in [3.63, 3.8) is 0 Å². The molecule has 0 amide bonds. The Morgan fingerprint density at radius 3 is 1.93 bits per heavy atom. The maximum absolute atomic E-state index is 6.76. The van der Waals surface area contributed by atoms with Crippen molar-refractivity contribution in [1.82, 2.24) is 5.23 Å². The summed E-state index contributed by atoms with van der Waals surface area (Å²) >= 11 is 0. The second-order valence-electron chi connectivity index (χ2n) is 8.93. The smallest absolute Gasteiger partial charge is 0.397 e. The summed E-state index contributed by atoms with van der Waals surface area (Å²) in [7, 11) is -0.177. The van der Waals surface area contributed by atoms with Crippen molar-refractivity contribution >= 4 is 15.9 Å². The molecule has 0 bridgehead atoms. The first kappa shape index (κ1) is 20.3. The van der Waals surface area contributed by atoms with Crippen LogP contribution in [0, 0.1) is 0 Å². The van der Waals surface area contributed by atoms with Crippen LogP contribution < -0.4 is 5.23 Å². The molecule has 3 rings (SSSR count). The summed E-state index contributed by atoms with van der Waals surface area (Å²) in [5.41, 5.74) is 1.66. The van der Waals surface area contributed by atoms with Gasteiger partial charge in [-0.05, 0) is 36.2 Å². The highest BCUT2D eigenvalue weighted by atomic mass is 28.4. The van der Waals surface area contributed by atoms with Crippen LogP contribution in [0.3, 0.4) is 0 Å². The van der Waals surface area contributed by atoms with Crippen LogP contribution in [0.25, 0.3) is 0 Å². The van der Waals surface area contributed by atoms with Crippen molar-refractivity contribution in [2.24, 2.45) is 0 Å². The minimum atomic E-state index is -1.91. The Hall–Kier alpha value is -1.40. The molecule has 1 fully saturated rings. The van der Waals surface area contributed by atoms with E-state index < -0.39 is 13.9 Å². The molecule has 1 N–H and O–H groups in total. The van der Waals surface area contributed by atoms with Gasteiger partial charge in [0.1, 0.15) is 5.60 Å². The first-order valence-electron chi connectivity index (χ1n) is 9.73. The van der Waals surface area contributed by atoms with Crippen LogP contribution in [0.4, 0.5) is 0 Å². The van der Waals surface area contributed by atoms with Gasteiger partial charge in [-0.2, -0.15) is 0 Å². The predicted octanol–water partition coefficient (Wildman–Crippen LogP) is 4.86. The van der Waals surface area contributed by atoms with Gasteiger partial charge in [-0.25, -0.2) is 0 Å². The molecule has 1 aliphatic rings. The molecular weight excluding hydrogens is 349 g/mol. The number of rotatable bonds is 5. The topological polar surface area (TPSA) is 30.5 Å². The largest absolute Gasteiger partial charge is 0.413 e. The van der Waals surface area contributed by atoms with Gasteiger partial charge in [-0.3, -0.25) is 0 Å². The molecule has 1 radical (unpaired) electrons. The van der Waals surface area contributed by atoms with E-state index in [1.807, 2.05) is 12.1 Å². The van der Waals surface area contributed by atoms with E-state index in [9.17, 15) is 0 Å². The third-order valence-corrected chi connectivity index (χ3v) is 10.7. The number of benzene rings is 2. The highest BCUT2D eigenvalue weighted by molar-refractivity contribution is 6.74. The summed E-state index contributed by atoms with van der Waals surface area (Å²) in [6.45, 7) is 13.6. The van der Waals surface area contributed by atoms with Gasteiger partial charge in [0.15, 0.2) is 8.32 Å². The van der Waals surface area contributed by atoms with Gasteiger partial charge >= 0.3 is 7.62 Å². The van der Waals surface area contributed by atoms with E-state index in [4.69, 9.17) is 9.08 Å². The molecule has 3 nitrogen and oxygen atoms in total. The molecule has 5 heteroatoms. The zero-order chi connectivity index (χ0) is 19.7. The van der Waals surface area contributed by atoms with Crippen molar-refractivity contribution in [3.05, 3.63) is 71.8 Å². The molecule has 0 spiro atoms. The average Bonchev–Trinajstić information content (AvgIpc) is 3.08. The molecule has 2 aromatic rings. The maximum atomic E-state index is 6.76. The minimum Gasteiger partial charge on any atom is -0.413 e. The molecule has 0 aromatic heterocycles. The average molecular weight is 380 g/mol. The Kier molecular flexibility index (Phi) is 5.69. The van der Waals surface area contributed by atoms with E-state index in [-0.39, 0.29) is 17.2 Å². The lowest BCUT2D eigenvalue weighted by Crippen LogP contribution is -2.54. The third-order valence-electron chi connectivity index (χ3n) is 6.09. The minimum absolute atomic E-state index is 0.00921. The standard InChI is InChI=1S/C22H31BNO2Si/c1-17(25-27(5,6)21(2,3)4)20-22(26-23-24-20,18-13-9-7-10-14-18)19-15-11-8-12-16-19/h7-17,20,24H,1-6H3/t17-,20+/m1/s1. The Balaban J connectivity index is 2.03. The van der Waals surface area contributed by atoms with E-state index in [0.29, 0.717) is 0 Å². The second kappa shape index (κ2) is 7.55. The van der Waals surface area contributed by atoms with Gasteiger partial charge in [0.25, 0.3) is 0 Å². The van der Waals surface area contributed by atoms with Crippen molar-refractivity contribution in [2.75, 3.05) is 0 Å². The zero-order valence-electron chi connectivity index (χ0n) is 17.3. The molecule has 0 saturated carbocycles. The summed E-state index contributed by atoms with van der Waals surface area (Å²) in [5.74, 6) is 0. The normalized spacial score (nSPS) is 20.9. The number of hydrogen-bond donors (Lipinski definition) is 1. The van der Waals surface area contributed by atoms with Gasteiger partial charge in [-0.1, -0.05) is 81.4 Å². The Morgan fingerprint density at radius 2 is 1.48 bits per heavy atom. The third kappa shape index (κ3) is 3.79. The fraction of sp³-hybridized carbons (Fsp3) is 0.455. The highest BCUT2D eigenvalue weighted by Gasteiger charge is 2.51. The van der Waals surface area contributed by atoms with Crippen molar-refractivity contribution < 1.29 is 9.08 Å². The molecule has 27 heavy (non-hydrogen) atoms. The summed E-state index contributed by atoms with van der Waals surface area (Å²) in [6.07, 6.45) is -0.00921. The summed E-state index contributed by atoms with van der Waals surface area (Å²) in [5, 5.41) is 3.63. The van der Waals surface area contributed by atoms with E-state index in [1.165, 1.54) is 0 Å². The van der Waals surface area contributed by atoms with Crippen LogP contribution in [-0.2, 0) is 14.7 Å². The van der Waals surface area contributed by atoms with E-state index in [0.717, 1.165) is 11.1 Å². The van der Waals surface area contributed by atoms with Crippen LogP contribution >= 0.6 is 0 Å². The van der Waals surface area contributed by atoms with Gasteiger partial charge in [0.2, 0.25) is 0 Å². The lowest BCUT2D eigenvalue weighted by Gasteiger charge is -2.44. The van der Waals surface area contributed by atoms with Crippen LogP contribution in [0.15, 0.2) is 60.7 Å². The summed E-state index contributed by atoms with van der Waals surface area (Å²) < 4.78 is 13.1. The summed E-state index contributed by atoms with van der Waals surface area (Å²) in [6, 6.07) is 20.9. The van der Waals surface area contributed by atoms with E-state index in [2.05, 4.69) is 94.5 Å².